The zero-order chi connectivity index (χ0) is 12.5. The van der Waals surface area contributed by atoms with E-state index in [0.717, 1.165) is 25.1 Å². The summed E-state index contributed by atoms with van der Waals surface area (Å²) in [7, 11) is 0. The van der Waals surface area contributed by atoms with E-state index in [-0.39, 0.29) is 5.92 Å². The van der Waals surface area contributed by atoms with E-state index in [2.05, 4.69) is 42.4 Å². The number of hydrogen-bond acceptors (Lipinski definition) is 2. The van der Waals surface area contributed by atoms with Gasteiger partial charge < -0.3 is 0 Å². The molecule has 3 heteroatoms. The molecule has 3 nitrogen and oxygen atoms in total. The van der Waals surface area contributed by atoms with Gasteiger partial charge in [-0.05, 0) is 37.0 Å². The van der Waals surface area contributed by atoms with Gasteiger partial charge >= 0.3 is 0 Å². The van der Waals surface area contributed by atoms with Gasteiger partial charge in [0.1, 0.15) is 0 Å². The van der Waals surface area contributed by atoms with Crippen LogP contribution in [0.4, 0.5) is 0 Å². The van der Waals surface area contributed by atoms with Crippen molar-refractivity contribution in [3.05, 3.63) is 41.6 Å². The van der Waals surface area contributed by atoms with E-state index < -0.39 is 0 Å². The van der Waals surface area contributed by atoms with E-state index in [9.17, 15) is 0 Å². The van der Waals surface area contributed by atoms with Gasteiger partial charge in [0.15, 0.2) is 0 Å². The van der Waals surface area contributed by atoms with Gasteiger partial charge in [0.25, 0.3) is 0 Å². The number of hydrogen-bond donors (Lipinski definition) is 0. The van der Waals surface area contributed by atoms with E-state index in [4.69, 9.17) is 5.26 Å². The third-order valence-corrected chi connectivity index (χ3v) is 3.72. The Bertz CT molecular complexity index is 619. The van der Waals surface area contributed by atoms with Crippen LogP contribution in [-0.4, -0.2) is 9.78 Å². The van der Waals surface area contributed by atoms with Crippen molar-refractivity contribution in [3.8, 4) is 17.3 Å². The van der Waals surface area contributed by atoms with Gasteiger partial charge in [0.2, 0.25) is 0 Å². The fourth-order valence-corrected chi connectivity index (χ4v) is 2.84. The maximum absolute atomic E-state index is 9.17. The van der Waals surface area contributed by atoms with E-state index in [1.54, 1.807) is 0 Å². The molecule has 0 saturated carbocycles. The number of nitriles is 1. The van der Waals surface area contributed by atoms with Gasteiger partial charge in [-0.3, -0.25) is 4.68 Å². The number of aromatic nitrogens is 2. The molecule has 90 valence electrons. The molecule has 0 spiro atoms. The zero-order valence-electron chi connectivity index (χ0n) is 10.4. The molecule has 1 unspecified atom stereocenters. The van der Waals surface area contributed by atoms with E-state index in [0.29, 0.717) is 0 Å². The maximum atomic E-state index is 9.17. The van der Waals surface area contributed by atoms with Crippen molar-refractivity contribution in [2.24, 2.45) is 0 Å². The van der Waals surface area contributed by atoms with Crippen LogP contribution in [0.1, 0.15) is 30.4 Å². The fourth-order valence-electron chi connectivity index (χ4n) is 2.84. The molecule has 0 fully saturated rings. The third kappa shape index (κ3) is 1.53. The number of nitrogens with zero attached hydrogens (tertiary/aromatic N) is 3. The van der Waals surface area contributed by atoms with Crippen molar-refractivity contribution in [2.45, 2.75) is 32.2 Å². The van der Waals surface area contributed by atoms with Crippen molar-refractivity contribution in [1.29, 1.82) is 5.26 Å². The second-order valence-corrected chi connectivity index (χ2v) is 4.63. The molecule has 0 amide bonds. The first-order valence-electron chi connectivity index (χ1n) is 6.38. The van der Waals surface area contributed by atoms with Crippen LogP contribution in [0.25, 0.3) is 11.3 Å². The maximum Gasteiger partial charge on any atom is 0.0718 e. The van der Waals surface area contributed by atoms with Crippen LogP contribution in [-0.2, 0) is 13.0 Å². The molecule has 1 atom stereocenters. The highest BCUT2D eigenvalue weighted by molar-refractivity contribution is 5.67. The number of rotatable bonds is 2. The second kappa shape index (κ2) is 4.30. The topological polar surface area (TPSA) is 41.6 Å². The van der Waals surface area contributed by atoms with Gasteiger partial charge in [-0.2, -0.15) is 10.4 Å². The summed E-state index contributed by atoms with van der Waals surface area (Å²) in [5.74, 6) is 0.0675. The van der Waals surface area contributed by atoms with Gasteiger partial charge in [0.05, 0.1) is 17.7 Å². The van der Waals surface area contributed by atoms with E-state index in [1.807, 2.05) is 10.9 Å². The predicted molar refractivity (Wildman–Crippen MR) is 70.0 cm³/mol. The smallest absolute Gasteiger partial charge is 0.0718 e. The molecule has 1 heterocycles. The lowest BCUT2D eigenvalue weighted by atomic mass is 9.98. The predicted octanol–water partition coefficient (Wildman–Crippen LogP) is 3.12. The Labute approximate surface area is 107 Å². The first-order valence-corrected chi connectivity index (χ1v) is 6.38. The van der Waals surface area contributed by atoms with Crippen molar-refractivity contribution >= 4 is 0 Å². The molecular formula is C15H15N3. The normalized spacial score (nSPS) is 17.4. The van der Waals surface area contributed by atoms with Crippen molar-refractivity contribution in [2.75, 3.05) is 0 Å². The first-order chi connectivity index (χ1) is 8.85. The minimum absolute atomic E-state index is 0.0675. The molecule has 1 aromatic carbocycles. The molecule has 0 aliphatic heterocycles. The standard InChI is InChI=1S/C15H15N3/c1-2-18-15(8-9-17-18)14-5-3-4-12-11(10-16)6-7-13(12)14/h3-5,8-9,11H,2,6-7H2,1H3. The number of fused-ring (bicyclic) bond motifs is 1. The molecule has 2 aromatic rings. The van der Waals surface area contributed by atoms with Gasteiger partial charge in [-0.1, -0.05) is 18.2 Å². The Hall–Kier alpha value is -2.08. The Morgan fingerprint density at radius 2 is 2.33 bits per heavy atom. The molecule has 1 aromatic heterocycles. The third-order valence-electron chi connectivity index (χ3n) is 3.72. The van der Waals surface area contributed by atoms with Crippen molar-refractivity contribution in [3.63, 3.8) is 0 Å². The molecular weight excluding hydrogens is 222 g/mol. The SMILES string of the molecule is CCn1nccc1-c1cccc2c1CCC2C#N. The average Bonchev–Trinajstić information content (AvgIpc) is 3.04. The van der Waals surface area contributed by atoms with Gasteiger partial charge in [-0.15, -0.1) is 0 Å². The Kier molecular flexibility index (Phi) is 2.64. The van der Waals surface area contributed by atoms with E-state index >= 15 is 0 Å². The Morgan fingerprint density at radius 1 is 1.44 bits per heavy atom. The number of benzene rings is 1. The van der Waals surface area contributed by atoms with E-state index in [1.165, 1.54) is 16.7 Å². The summed E-state index contributed by atoms with van der Waals surface area (Å²) in [4.78, 5) is 0. The van der Waals surface area contributed by atoms with Crippen LogP contribution >= 0.6 is 0 Å². The lowest BCUT2D eigenvalue weighted by Crippen LogP contribution is -2.00. The summed E-state index contributed by atoms with van der Waals surface area (Å²) in [5.41, 5.74) is 4.94. The van der Waals surface area contributed by atoms with Crippen LogP contribution in [0.5, 0.6) is 0 Å². The Morgan fingerprint density at radius 3 is 3.11 bits per heavy atom. The summed E-state index contributed by atoms with van der Waals surface area (Å²) < 4.78 is 2.01. The molecule has 0 bridgehead atoms. The van der Waals surface area contributed by atoms with Crippen molar-refractivity contribution < 1.29 is 0 Å². The summed E-state index contributed by atoms with van der Waals surface area (Å²) in [6.07, 6.45) is 3.79. The first kappa shape index (κ1) is 11.0. The van der Waals surface area contributed by atoms with Gasteiger partial charge in [0, 0.05) is 18.3 Å². The quantitative estimate of drug-likeness (QED) is 0.805. The molecule has 1 aliphatic rings. The zero-order valence-corrected chi connectivity index (χ0v) is 10.4. The summed E-state index contributed by atoms with van der Waals surface area (Å²) in [5, 5.41) is 13.5. The lowest BCUT2D eigenvalue weighted by Gasteiger charge is -2.10. The second-order valence-electron chi connectivity index (χ2n) is 4.63. The molecule has 1 aliphatic carbocycles. The molecule has 0 saturated heterocycles. The molecule has 3 rings (SSSR count). The highest BCUT2D eigenvalue weighted by Crippen LogP contribution is 2.38. The summed E-state index contributed by atoms with van der Waals surface area (Å²) >= 11 is 0. The van der Waals surface area contributed by atoms with Crippen LogP contribution in [0.3, 0.4) is 0 Å². The molecule has 18 heavy (non-hydrogen) atoms. The average molecular weight is 237 g/mol. The molecule has 0 N–H and O–H groups in total. The van der Waals surface area contributed by atoms with Crippen molar-refractivity contribution in [1.82, 2.24) is 9.78 Å². The monoisotopic (exact) mass is 237 g/mol. The molecule has 0 radical (unpaired) electrons. The van der Waals surface area contributed by atoms with Crippen LogP contribution in [0, 0.1) is 11.3 Å². The number of aryl methyl sites for hydroxylation is 1. The minimum atomic E-state index is 0.0675. The van der Waals surface area contributed by atoms with Crippen LogP contribution in [0.2, 0.25) is 0 Å². The highest BCUT2D eigenvalue weighted by atomic mass is 15.3. The lowest BCUT2D eigenvalue weighted by molar-refractivity contribution is 0.666. The Balaban J connectivity index is 2.16. The largest absolute Gasteiger partial charge is 0.265 e. The summed E-state index contributed by atoms with van der Waals surface area (Å²) in [6.45, 7) is 2.96. The van der Waals surface area contributed by atoms with Gasteiger partial charge in [-0.25, -0.2) is 0 Å². The van der Waals surface area contributed by atoms with Crippen LogP contribution in [0.15, 0.2) is 30.5 Å². The highest BCUT2D eigenvalue weighted by Gasteiger charge is 2.25. The minimum Gasteiger partial charge on any atom is -0.265 e. The van der Waals surface area contributed by atoms with Crippen LogP contribution < -0.4 is 0 Å². The summed E-state index contributed by atoms with van der Waals surface area (Å²) in [6, 6.07) is 10.7. The fraction of sp³-hybridized carbons (Fsp3) is 0.333.